The summed E-state index contributed by atoms with van der Waals surface area (Å²) in [5.74, 6) is 1.54. The summed E-state index contributed by atoms with van der Waals surface area (Å²) in [5, 5.41) is 9.91. The molecule has 1 saturated heterocycles. The highest BCUT2D eigenvalue weighted by Gasteiger charge is 2.34. The zero-order valence-electron chi connectivity index (χ0n) is 23.0. The largest absolute Gasteiger partial charge is 0.495 e. The first-order valence-corrected chi connectivity index (χ1v) is 13.1. The Labute approximate surface area is 241 Å². The number of nitrogens with zero attached hydrogens (tertiary/aromatic N) is 5. The normalized spacial score (nSPS) is 13.1. The molecule has 0 unspecified atom stereocenters. The van der Waals surface area contributed by atoms with Crippen molar-refractivity contribution in [2.75, 3.05) is 51.3 Å². The summed E-state index contributed by atoms with van der Waals surface area (Å²) in [7, 11) is 6.56. The van der Waals surface area contributed by atoms with Crippen LogP contribution in [0.3, 0.4) is 0 Å². The summed E-state index contributed by atoms with van der Waals surface area (Å²) in [4.78, 5) is 25.4. The van der Waals surface area contributed by atoms with E-state index in [0.29, 0.717) is 47.1 Å². The molecule has 0 radical (unpaired) electrons. The lowest BCUT2D eigenvalue weighted by Gasteiger charge is -2.43. The van der Waals surface area contributed by atoms with Crippen molar-refractivity contribution in [2.45, 2.75) is 12.6 Å². The second-order valence-corrected chi connectivity index (χ2v) is 9.95. The van der Waals surface area contributed by atoms with Crippen molar-refractivity contribution in [3.8, 4) is 17.2 Å². The van der Waals surface area contributed by atoms with Crippen LogP contribution in [0.15, 0.2) is 54.9 Å². The molecule has 0 bridgehead atoms. The third-order valence-corrected chi connectivity index (χ3v) is 7.53. The summed E-state index contributed by atoms with van der Waals surface area (Å²) in [5.41, 5.74) is 2.35. The smallest absolute Gasteiger partial charge is 0.407 e. The lowest BCUT2D eigenvalue weighted by molar-refractivity contribution is 0.105. The minimum Gasteiger partial charge on any atom is -0.495 e. The number of fused-ring (bicyclic) bond motifs is 1. The van der Waals surface area contributed by atoms with Gasteiger partial charge in [-0.25, -0.2) is 19.2 Å². The van der Waals surface area contributed by atoms with Crippen molar-refractivity contribution in [3.05, 3.63) is 71.3 Å². The van der Waals surface area contributed by atoms with Gasteiger partial charge in [-0.3, -0.25) is 0 Å². The number of rotatable bonds is 9. The number of hydrogen-bond donors (Lipinski definition) is 1. The van der Waals surface area contributed by atoms with Gasteiger partial charge < -0.3 is 34.0 Å². The Hall–Kier alpha value is -4.51. The minimum absolute atomic E-state index is 0.0202. The third-order valence-electron chi connectivity index (χ3n) is 7.24. The van der Waals surface area contributed by atoms with E-state index in [-0.39, 0.29) is 23.3 Å². The van der Waals surface area contributed by atoms with Crippen LogP contribution in [0.25, 0.3) is 10.9 Å². The third kappa shape index (κ3) is 5.32. The quantitative estimate of drug-likeness (QED) is 0.271. The number of likely N-dealkylation sites (tertiary alicyclic amines) is 1. The second kappa shape index (κ2) is 11.5. The first-order chi connectivity index (χ1) is 19.7. The summed E-state index contributed by atoms with van der Waals surface area (Å²) >= 11 is 6.21. The van der Waals surface area contributed by atoms with Gasteiger partial charge in [0.15, 0.2) is 17.3 Å². The molecule has 1 aliphatic rings. The van der Waals surface area contributed by atoms with Gasteiger partial charge in [-0.1, -0.05) is 23.7 Å². The van der Waals surface area contributed by atoms with Crippen LogP contribution in [0.4, 0.5) is 26.4 Å². The van der Waals surface area contributed by atoms with Gasteiger partial charge in [0.2, 0.25) is 0 Å². The van der Waals surface area contributed by atoms with Crippen LogP contribution in [-0.4, -0.2) is 73.6 Å². The predicted octanol–water partition coefficient (Wildman–Crippen LogP) is 5.58. The van der Waals surface area contributed by atoms with E-state index in [9.17, 15) is 9.90 Å². The van der Waals surface area contributed by atoms with Crippen LogP contribution >= 0.6 is 11.6 Å². The van der Waals surface area contributed by atoms with Gasteiger partial charge in [-0.2, -0.15) is 0 Å². The molecule has 1 amide bonds. The van der Waals surface area contributed by atoms with Gasteiger partial charge >= 0.3 is 6.09 Å². The number of ether oxygens (including phenoxy) is 3. The molecule has 1 N–H and O–H groups in total. The Morgan fingerprint density at radius 2 is 1.76 bits per heavy atom. The summed E-state index contributed by atoms with van der Waals surface area (Å²) in [6.07, 6.45) is 0.464. The van der Waals surface area contributed by atoms with Gasteiger partial charge in [0, 0.05) is 38.1 Å². The Kier molecular flexibility index (Phi) is 7.89. The molecule has 4 aromatic rings. The van der Waals surface area contributed by atoms with Crippen molar-refractivity contribution in [2.24, 2.45) is 0 Å². The molecule has 0 aliphatic carbocycles. The highest BCUT2D eigenvalue weighted by Crippen LogP contribution is 2.40. The number of hydrogen-bond acceptors (Lipinski definition) is 8. The molecule has 2 heterocycles. The maximum atomic E-state index is 15.5. The van der Waals surface area contributed by atoms with Crippen molar-refractivity contribution in [3.63, 3.8) is 0 Å². The zero-order chi connectivity index (χ0) is 29.3. The van der Waals surface area contributed by atoms with E-state index in [1.807, 2.05) is 30.1 Å². The minimum atomic E-state index is -0.954. The Morgan fingerprint density at radius 3 is 2.44 bits per heavy atom. The highest BCUT2D eigenvalue weighted by atomic mass is 35.5. The number of anilines is 3. The zero-order valence-corrected chi connectivity index (χ0v) is 23.7. The first kappa shape index (κ1) is 28.0. The number of carboxylic acid groups (broad SMARTS) is 1. The fourth-order valence-corrected chi connectivity index (χ4v) is 5.07. The number of amides is 1. The van der Waals surface area contributed by atoms with Crippen LogP contribution in [0.1, 0.15) is 5.56 Å². The summed E-state index contributed by atoms with van der Waals surface area (Å²) < 4.78 is 32.1. The van der Waals surface area contributed by atoms with Gasteiger partial charge in [-0.15, -0.1) is 0 Å². The average molecular weight is 582 g/mol. The molecule has 3 aromatic carbocycles. The number of aromatic nitrogens is 2. The Morgan fingerprint density at radius 1 is 1.02 bits per heavy atom. The lowest BCUT2D eigenvalue weighted by Crippen LogP contribution is -2.60. The molecule has 41 heavy (non-hydrogen) atoms. The van der Waals surface area contributed by atoms with E-state index in [0.717, 1.165) is 11.3 Å². The van der Waals surface area contributed by atoms with Crippen LogP contribution in [0.5, 0.6) is 17.2 Å². The van der Waals surface area contributed by atoms with Crippen LogP contribution < -0.4 is 24.0 Å². The molecule has 0 atom stereocenters. The molecule has 1 aromatic heterocycles. The second-order valence-electron chi connectivity index (χ2n) is 9.54. The number of likely N-dealkylation sites (N-methyl/N-ethyl adjacent to an activating group) is 1. The number of halogens is 2. The number of carbonyl (C=O) groups is 1. The number of benzene rings is 3. The molecular weight excluding hydrogens is 553 g/mol. The van der Waals surface area contributed by atoms with E-state index in [2.05, 4.69) is 9.97 Å². The molecule has 214 valence electrons. The maximum absolute atomic E-state index is 15.5. The topological polar surface area (TPSA) is 100 Å². The van der Waals surface area contributed by atoms with E-state index in [4.69, 9.17) is 25.8 Å². The van der Waals surface area contributed by atoms with Gasteiger partial charge in [-0.05, 0) is 35.9 Å². The first-order valence-electron chi connectivity index (χ1n) is 12.7. The molecule has 1 aliphatic heterocycles. The summed E-state index contributed by atoms with van der Waals surface area (Å²) in [6.45, 7) is 0.950. The van der Waals surface area contributed by atoms with E-state index in [1.165, 1.54) is 17.3 Å². The van der Waals surface area contributed by atoms with Crippen LogP contribution in [-0.2, 0) is 6.54 Å². The van der Waals surface area contributed by atoms with E-state index in [1.54, 1.807) is 50.5 Å². The Balaban J connectivity index is 1.64. The molecule has 1 fully saturated rings. The van der Waals surface area contributed by atoms with Crippen molar-refractivity contribution in [1.82, 2.24) is 14.9 Å². The van der Waals surface area contributed by atoms with Crippen molar-refractivity contribution >= 4 is 45.8 Å². The molecule has 0 spiro atoms. The van der Waals surface area contributed by atoms with Gasteiger partial charge in [0.1, 0.15) is 17.9 Å². The fourth-order valence-electron chi connectivity index (χ4n) is 4.90. The summed E-state index contributed by atoms with van der Waals surface area (Å²) in [6, 6.07) is 13.9. The molecule has 0 saturated carbocycles. The predicted molar refractivity (Wildman–Crippen MR) is 155 cm³/mol. The van der Waals surface area contributed by atoms with E-state index < -0.39 is 11.9 Å². The molecule has 12 heteroatoms. The van der Waals surface area contributed by atoms with Crippen LogP contribution in [0, 0.1) is 5.82 Å². The van der Waals surface area contributed by atoms with Gasteiger partial charge in [0.25, 0.3) is 0 Å². The van der Waals surface area contributed by atoms with Crippen molar-refractivity contribution in [1.29, 1.82) is 0 Å². The SMILES string of the molecule is COc1ccc(CN(c2cccc(Cl)c2F)c2ncnc3cc(OC)c(N(C)C4CN(C(=O)O)C4)cc23)cc1OC. The average Bonchev–Trinajstić information content (AvgIpc) is 2.95. The number of methoxy groups -OCH3 is 3. The monoisotopic (exact) mass is 581 g/mol. The Bertz CT molecular complexity index is 1600. The maximum Gasteiger partial charge on any atom is 0.407 e. The highest BCUT2D eigenvalue weighted by molar-refractivity contribution is 6.31. The molecule has 5 rings (SSSR count). The fraction of sp³-hybridized carbons (Fsp3) is 0.276. The lowest BCUT2D eigenvalue weighted by atomic mass is 10.1. The van der Waals surface area contributed by atoms with Crippen molar-refractivity contribution < 1.29 is 28.5 Å². The molecular formula is C29H29ClFN5O5. The molecule has 10 nitrogen and oxygen atoms in total. The van der Waals surface area contributed by atoms with Crippen LogP contribution in [0.2, 0.25) is 5.02 Å². The van der Waals surface area contributed by atoms with Gasteiger partial charge in [0.05, 0.1) is 49.3 Å². The van der Waals surface area contributed by atoms with E-state index >= 15 is 4.39 Å². The standard InChI is InChI=1S/C29H29ClFN5O5/c1-34(18-14-35(15-18)29(37)38)23-11-19-21(12-25(23)40-3)32-16-33-28(19)36(22-7-5-6-20(30)27(22)31)13-17-8-9-24(39-2)26(10-17)41-4/h5-12,16,18H,13-15H2,1-4H3,(H,37,38).